The van der Waals surface area contributed by atoms with Crippen LogP contribution in [0.3, 0.4) is 0 Å². The summed E-state index contributed by atoms with van der Waals surface area (Å²) in [7, 11) is 1.66. The van der Waals surface area contributed by atoms with Crippen LogP contribution in [0.25, 0.3) is 44.5 Å². The fourth-order valence-corrected chi connectivity index (χ4v) is 4.31. The molecule has 5 rings (SSSR count). The van der Waals surface area contributed by atoms with E-state index in [-0.39, 0.29) is 0 Å². The number of halogens is 3. The van der Waals surface area contributed by atoms with Gasteiger partial charge in [-0.2, -0.15) is 13.2 Å². The third-order valence-corrected chi connectivity index (χ3v) is 6.18. The average Bonchev–Trinajstić information content (AvgIpc) is 2.93. The first-order chi connectivity index (χ1) is 17.4. The Labute approximate surface area is 208 Å². The van der Waals surface area contributed by atoms with Crippen LogP contribution in [-0.2, 0) is 6.18 Å². The first-order valence-electron chi connectivity index (χ1n) is 11.5. The van der Waals surface area contributed by atoms with Crippen molar-refractivity contribution in [2.75, 3.05) is 7.11 Å². The maximum absolute atomic E-state index is 13.2. The molecule has 0 aliphatic carbocycles. The lowest BCUT2D eigenvalue weighted by Crippen LogP contribution is -2.04. The normalized spacial score (nSPS) is 11.3. The Hall–Kier alpha value is -4.31. The Bertz CT molecular complexity index is 1520. The highest BCUT2D eigenvalue weighted by molar-refractivity contribution is 5.79. The molecule has 5 aromatic rings. The van der Waals surface area contributed by atoms with Gasteiger partial charge in [-0.05, 0) is 87.0 Å². The fraction of sp³-hybridized carbons (Fsp3) is 0.0625. The molecule has 0 amide bonds. The minimum absolute atomic E-state index is 0.536. The van der Waals surface area contributed by atoms with Gasteiger partial charge in [0.2, 0.25) is 0 Å². The molecule has 0 heterocycles. The van der Waals surface area contributed by atoms with Gasteiger partial charge in [0.05, 0.1) is 12.7 Å². The maximum atomic E-state index is 13.2. The lowest BCUT2D eigenvalue weighted by atomic mass is 9.94. The van der Waals surface area contributed by atoms with E-state index < -0.39 is 11.7 Å². The molecule has 0 spiro atoms. The number of benzene rings is 5. The van der Waals surface area contributed by atoms with Crippen LogP contribution in [0.2, 0.25) is 0 Å². The van der Waals surface area contributed by atoms with E-state index >= 15 is 0 Å². The first kappa shape index (κ1) is 23.4. The zero-order chi connectivity index (χ0) is 25.1. The van der Waals surface area contributed by atoms with Crippen molar-refractivity contribution in [1.82, 2.24) is 0 Å². The maximum Gasteiger partial charge on any atom is 0.416 e. The lowest BCUT2D eigenvalue weighted by Gasteiger charge is -2.11. The van der Waals surface area contributed by atoms with Gasteiger partial charge in [0, 0.05) is 0 Å². The van der Waals surface area contributed by atoms with E-state index in [9.17, 15) is 13.2 Å². The number of hydrogen-bond donors (Lipinski definition) is 0. The summed E-state index contributed by atoms with van der Waals surface area (Å²) < 4.78 is 45.0. The molecule has 0 saturated heterocycles. The van der Waals surface area contributed by atoms with Gasteiger partial charge in [-0.1, -0.05) is 78.9 Å². The molecule has 0 aliphatic rings. The predicted octanol–water partition coefficient (Wildman–Crippen LogP) is 9.38. The smallest absolute Gasteiger partial charge is 0.416 e. The third-order valence-electron chi connectivity index (χ3n) is 6.18. The van der Waals surface area contributed by atoms with Gasteiger partial charge >= 0.3 is 6.18 Å². The topological polar surface area (TPSA) is 9.23 Å². The van der Waals surface area contributed by atoms with E-state index in [1.54, 1.807) is 13.2 Å². The molecule has 0 N–H and O–H groups in total. The molecule has 0 atom stereocenters. The standard InChI is InChI=1S/C32H23F3O/c1-36-31-16-6-14-29(21-31)27-12-4-10-25(19-27)23-8-2-7-22(17-23)24-9-3-11-26(18-24)28-13-5-15-30(20-28)32(33,34)35/h2-21H,1H3. The summed E-state index contributed by atoms with van der Waals surface area (Å²) in [4.78, 5) is 0. The number of hydrogen-bond acceptors (Lipinski definition) is 1. The van der Waals surface area contributed by atoms with Crippen LogP contribution in [0.5, 0.6) is 5.75 Å². The second kappa shape index (κ2) is 9.74. The molecule has 0 radical (unpaired) electrons. The Kier molecular flexibility index (Phi) is 6.34. The minimum Gasteiger partial charge on any atom is -0.497 e. The number of ether oxygens (including phenoxy) is 1. The van der Waals surface area contributed by atoms with Gasteiger partial charge in [0.25, 0.3) is 0 Å². The van der Waals surface area contributed by atoms with Crippen LogP contribution >= 0.6 is 0 Å². The molecule has 0 saturated carbocycles. The molecule has 36 heavy (non-hydrogen) atoms. The monoisotopic (exact) mass is 480 g/mol. The lowest BCUT2D eigenvalue weighted by molar-refractivity contribution is -0.137. The molecule has 0 aliphatic heterocycles. The van der Waals surface area contributed by atoms with Crippen LogP contribution in [0.15, 0.2) is 121 Å². The van der Waals surface area contributed by atoms with Crippen molar-refractivity contribution in [1.29, 1.82) is 0 Å². The largest absolute Gasteiger partial charge is 0.497 e. The highest BCUT2D eigenvalue weighted by Gasteiger charge is 2.30. The molecule has 0 fully saturated rings. The molecule has 1 nitrogen and oxygen atoms in total. The molecule has 5 aromatic carbocycles. The summed E-state index contributed by atoms with van der Waals surface area (Å²) in [5, 5.41) is 0. The number of rotatable bonds is 5. The second-order valence-corrected chi connectivity index (χ2v) is 8.55. The Balaban J connectivity index is 1.49. The zero-order valence-electron chi connectivity index (χ0n) is 19.6. The SMILES string of the molecule is COc1cccc(-c2cccc(-c3cccc(-c4cccc(-c5cccc(C(F)(F)F)c5)c4)c3)c2)c1. The molecule has 0 aromatic heterocycles. The quantitative estimate of drug-likeness (QED) is 0.243. The van der Waals surface area contributed by atoms with Gasteiger partial charge in [0.1, 0.15) is 5.75 Å². The van der Waals surface area contributed by atoms with Crippen LogP contribution in [0, 0.1) is 0 Å². The van der Waals surface area contributed by atoms with Gasteiger partial charge in [-0.25, -0.2) is 0 Å². The summed E-state index contributed by atoms with van der Waals surface area (Å²) in [6.07, 6.45) is -4.37. The summed E-state index contributed by atoms with van der Waals surface area (Å²) in [5.41, 5.74) is 6.85. The van der Waals surface area contributed by atoms with Crippen molar-refractivity contribution in [3.63, 3.8) is 0 Å². The Morgan fingerprint density at radius 1 is 0.444 bits per heavy atom. The van der Waals surface area contributed by atoms with Gasteiger partial charge < -0.3 is 4.74 Å². The Morgan fingerprint density at radius 3 is 1.17 bits per heavy atom. The molecular weight excluding hydrogens is 457 g/mol. The summed E-state index contributed by atoms with van der Waals surface area (Å²) in [6.45, 7) is 0. The predicted molar refractivity (Wildman–Crippen MR) is 140 cm³/mol. The van der Waals surface area contributed by atoms with E-state index in [1.165, 1.54) is 12.1 Å². The number of alkyl halides is 3. The van der Waals surface area contributed by atoms with Crippen molar-refractivity contribution in [3.05, 3.63) is 127 Å². The van der Waals surface area contributed by atoms with E-state index in [0.29, 0.717) is 5.56 Å². The highest BCUT2D eigenvalue weighted by Crippen LogP contribution is 2.35. The average molecular weight is 481 g/mol. The van der Waals surface area contributed by atoms with E-state index in [2.05, 4.69) is 36.4 Å². The van der Waals surface area contributed by atoms with Crippen LogP contribution in [0.1, 0.15) is 5.56 Å². The van der Waals surface area contributed by atoms with Gasteiger partial charge in [-0.15, -0.1) is 0 Å². The van der Waals surface area contributed by atoms with Crippen molar-refractivity contribution >= 4 is 0 Å². The van der Waals surface area contributed by atoms with Crippen LogP contribution in [0.4, 0.5) is 13.2 Å². The first-order valence-corrected chi connectivity index (χ1v) is 11.5. The third kappa shape index (κ3) is 5.03. The minimum atomic E-state index is -4.37. The molecule has 0 unspecified atom stereocenters. The van der Waals surface area contributed by atoms with Crippen molar-refractivity contribution in [2.45, 2.75) is 6.18 Å². The summed E-state index contributed by atoms with van der Waals surface area (Å²) >= 11 is 0. The molecule has 0 bridgehead atoms. The second-order valence-electron chi connectivity index (χ2n) is 8.55. The van der Waals surface area contributed by atoms with E-state index in [0.717, 1.165) is 50.8 Å². The van der Waals surface area contributed by atoms with Crippen molar-refractivity contribution in [3.8, 4) is 50.3 Å². The molecule has 178 valence electrons. The van der Waals surface area contributed by atoms with Crippen molar-refractivity contribution in [2.24, 2.45) is 0 Å². The fourth-order valence-electron chi connectivity index (χ4n) is 4.31. The molecule has 4 heteroatoms. The summed E-state index contributed by atoms with van der Waals surface area (Å²) in [5.74, 6) is 0.806. The van der Waals surface area contributed by atoms with E-state index in [1.807, 2.05) is 60.7 Å². The van der Waals surface area contributed by atoms with Crippen LogP contribution < -0.4 is 4.74 Å². The van der Waals surface area contributed by atoms with E-state index in [4.69, 9.17) is 4.74 Å². The Morgan fingerprint density at radius 2 is 0.778 bits per heavy atom. The van der Waals surface area contributed by atoms with Gasteiger partial charge in [-0.3, -0.25) is 0 Å². The number of methoxy groups -OCH3 is 1. The van der Waals surface area contributed by atoms with Crippen LogP contribution in [-0.4, -0.2) is 7.11 Å². The molecular formula is C32H23F3O. The van der Waals surface area contributed by atoms with Gasteiger partial charge in [0.15, 0.2) is 0 Å². The summed E-state index contributed by atoms with van der Waals surface area (Å²) in [6, 6.07) is 37.5. The van der Waals surface area contributed by atoms with Crippen molar-refractivity contribution < 1.29 is 17.9 Å². The zero-order valence-corrected chi connectivity index (χ0v) is 19.6. The highest BCUT2D eigenvalue weighted by atomic mass is 19.4.